The fraction of sp³-hybridized carbons (Fsp3) is 0.538. The van der Waals surface area contributed by atoms with Gasteiger partial charge in [0, 0.05) is 12.6 Å². The first-order valence-electron chi connectivity index (χ1n) is 6.29. The van der Waals surface area contributed by atoms with E-state index in [1.807, 2.05) is 19.9 Å². The number of hydrogen-bond donors (Lipinski definition) is 2. The van der Waals surface area contributed by atoms with Crippen molar-refractivity contribution in [3.05, 3.63) is 29.3 Å². The predicted molar refractivity (Wildman–Crippen MR) is 79.4 cm³/mol. The molecule has 1 aliphatic heterocycles. The van der Waals surface area contributed by atoms with Gasteiger partial charge in [-0.1, -0.05) is 6.07 Å². The largest absolute Gasteiger partial charge is 0.315 e. The van der Waals surface area contributed by atoms with Crippen LogP contribution < -0.4 is 10.0 Å². The maximum atomic E-state index is 12.2. The van der Waals surface area contributed by atoms with Crippen molar-refractivity contribution in [1.29, 1.82) is 0 Å². The summed E-state index contributed by atoms with van der Waals surface area (Å²) in [6.45, 7) is 5.59. The molecule has 1 aliphatic rings. The quantitative estimate of drug-likeness (QED) is 0.894. The molecular formula is C13H21ClN2O2S. The maximum absolute atomic E-state index is 12.2. The number of aryl methyl sites for hydroxylation is 2. The first-order valence-corrected chi connectivity index (χ1v) is 7.78. The van der Waals surface area contributed by atoms with Gasteiger partial charge in [-0.3, -0.25) is 0 Å². The van der Waals surface area contributed by atoms with Gasteiger partial charge in [-0.15, -0.1) is 12.4 Å². The van der Waals surface area contributed by atoms with Crippen LogP contribution in [0.25, 0.3) is 0 Å². The molecule has 0 bridgehead atoms. The van der Waals surface area contributed by atoms with Crippen LogP contribution in [0.3, 0.4) is 0 Å². The summed E-state index contributed by atoms with van der Waals surface area (Å²) < 4.78 is 27.2. The third-order valence-electron chi connectivity index (χ3n) is 3.41. The highest BCUT2D eigenvalue weighted by Gasteiger charge is 2.21. The SMILES string of the molecule is Cc1ccc(S(=O)(=O)NC2CCCNC2)cc1C.Cl. The van der Waals surface area contributed by atoms with Crippen LogP contribution in [0, 0.1) is 13.8 Å². The number of hydrogen-bond acceptors (Lipinski definition) is 3. The molecule has 2 rings (SSSR count). The minimum absolute atomic E-state index is 0. The van der Waals surface area contributed by atoms with Crippen molar-refractivity contribution in [2.24, 2.45) is 0 Å². The minimum Gasteiger partial charge on any atom is -0.315 e. The molecule has 0 aromatic heterocycles. The Morgan fingerprint density at radius 2 is 2.00 bits per heavy atom. The molecule has 0 saturated carbocycles. The normalized spacial score (nSPS) is 19.8. The van der Waals surface area contributed by atoms with Crippen LogP contribution in [-0.4, -0.2) is 27.5 Å². The lowest BCUT2D eigenvalue weighted by Gasteiger charge is -2.23. The molecule has 1 aromatic carbocycles. The second kappa shape index (κ2) is 6.70. The lowest BCUT2D eigenvalue weighted by Crippen LogP contribution is -2.45. The van der Waals surface area contributed by atoms with Gasteiger partial charge in [0.1, 0.15) is 0 Å². The van der Waals surface area contributed by atoms with E-state index in [0.717, 1.165) is 30.5 Å². The van der Waals surface area contributed by atoms with E-state index in [1.165, 1.54) is 0 Å². The van der Waals surface area contributed by atoms with E-state index in [2.05, 4.69) is 10.0 Å². The van der Waals surface area contributed by atoms with Crippen LogP contribution in [0.15, 0.2) is 23.1 Å². The van der Waals surface area contributed by atoms with Crippen molar-refractivity contribution in [2.45, 2.75) is 37.6 Å². The second-order valence-corrected chi connectivity index (χ2v) is 6.62. The third kappa shape index (κ3) is 4.18. The van der Waals surface area contributed by atoms with Crippen molar-refractivity contribution in [2.75, 3.05) is 13.1 Å². The highest BCUT2D eigenvalue weighted by Crippen LogP contribution is 2.15. The van der Waals surface area contributed by atoms with Crippen molar-refractivity contribution in [3.8, 4) is 0 Å². The molecule has 0 radical (unpaired) electrons. The molecule has 4 nitrogen and oxygen atoms in total. The van der Waals surface area contributed by atoms with Gasteiger partial charge in [-0.05, 0) is 56.5 Å². The van der Waals surface area contributed by atoms with Crippen LogP contribution in [0.2, 0.25) is 0 Å². The average Bonchev–Trinajstić information content (AvgIpc) is 2.33. The highest BCUT2D eigenvalue weighted by molar-refractivity contribution is 7.89. The number of benzene rings is 1. The van der Waals surface area contributed by atoms with E-state index in [4.69, 9.17) is 0 Å². The zero-order valence-electron chi connectivity index (χ0n) is 11.3. The topological polar surface area (TPSA) is 58.2 Å². The van der Waals surface area contributed by atoms with Gasteiger partial charge in [0.25, 0.3) is 0 Å². The summed E-state index contributed by atoms with van der Waals surface area (Å²) in [4.78, 5) is 0.358. The molecule has 108 valence electrons. The monoisotopic (exact) mass is 304 g/mol. The molecule has 1 fully saturated rings. The van der Waals surface area contributed by atoms with Crippen molar-refractivity contribution < 1.29 is 8.42 Å². The van der Waals surface area contributed by atoms with Crippen LogP contribution in [0.5, 0.6) is 0 Å². The number of halogens is 1. The first kappa shape index (κ1) is 16.4. The molecule has 0 amide bonds. The Bertz CT molecular complexity index is 525. The van der Waals surface area contributed by atoms with Crippen molar-refractivity contribution >= 4 is 22.4 Å². The fourth-order valence-electron chi connectivity index (χ4n) is 2.12. The molecule has 6 heteroatoms. The van der Waals surface area contributed by atoms with Gasteiger partial charge < -0.3 is 5.32 Å². The molecule has 1 saturated heterocycles. The number of rotatable bonds is 3. The van der Waals surface area contributed by atoms with Crippen molar-refractivity contribution in [1.82, 2.24) is 10.0 Å². The Morgan fingerprint density at radius 3 is 2.58 bits per heavy atom. The fourth-order valence-corrected chi connectivity index (χ4v) is 3.48. The molecule has 1 aromatic rings. The summed E-state index contributed by atoms with van der Waals surface area (Å²) in [7, 11) is -3.39. The van der Waals surface area contributed by atoms with Crippen molar-refractivity contribution in [3.63, 3.8) is 0 Å². The molecule has 2 N–H and O–H groups in total. The standard InChI is InChI=1S/C13H20N2O2S.ClH/c1-10-5-6-13(8-11(10)2)18(16,17)15-12-4-3-7-14-9-12;/h5-6,8,12,14-15H,3-4,7,9H2,1-2H3;1H. The van der Waals surface area contributed by atoms with Gasteiger partial charge in [-0.2, -0.15) is 0 Å². The van der Waals surface area contributed by atoms with E-state index in [-0.39, 0.29) is 18.4 Å². The average molecular weight is 305 g/mol. The predicted octanol–water partition coefficient (Wildman–Crippen LogP) is 1.76. The Hall–Kier alpha value is -0.620. The molecular weight excluding hydrogens is 284 g/mol. The Labute approximate surface area is 121 Å². The summed E-state index contributed by atoms with van der Waals surface area (Å²) >= 11 is 0. The van der Waals surface area contributed by atoms with Gasteiger partial charge in [-0.25, -0.2) is 13.1 Å². The van der Waals surface area contributed by atoms with Crippen LogP contribution in [0.4, 0.5) is 0 Å². The Morgan fingerprint density at radius 1 is 1.26 bits per heavy atom. The van der Waals surface area contributed by atoms with Crippen LogP contribution in [0.1, 0.15) is 24.0 Å². The van der Waals surface area contributed by atoms with E-state index in [0.29, 0.717) is 11.4 Å². The summed E-state index contributed by atoms with van der Waals surface area (Å²) in [6.07, 6.45) is 1.91. The van der Waals surface area contributed by atoms with E-state index in [9.17, 15) is 8.42 Å². The lowest BCUT2D eigenvalue weighted by molar-refractivity contribution is 0.428. The summed E-state index contributed by atoms with van der Waals surface area (Å²) in [5.74, 6) is 0. The van der Waals surface area contributed by atoms with Gasteiger partial charge in [0.2, 0.25) is 10.0 Å². The van der Waals surface area contributed by atoms with E-state index < -0.39 is 10.0 Å². The van der Waals surface area contributed by atoms with Gasteiger partial charge in [0.15, 0.2) is 0 Å². The number of nitrogens with one attached hydrogen (secondary N) is 2. The molecule has 1 atom stereocenters. The minimum atomic E-state index is -3.39. The highest BCUT2D eigenvalue weighted by atomic mass is 35.5. The second-order valence-electron chi connectivity index (χ2n) is 4.91. The zero-order chi connectivity index (χ0) is 13.2. The first-order chi connectivity index (χ1) is 8.49. The summed E-state index contributed by atoms with van der Waals surface area (Å²) in [6, 6.07) is 5.25. The maximum Gasteiger partial charge on any atom is 0.240 e. The molecule has 0 aliphatic carbocycles. The molecule has 0 spiro atoms. The third-order valence-corrected chi connectivity index (χ3v) is 4.93. The Kier molecular flexibility index (Phi) is 5.80. The Balaban J connectivity index is 0.00000180. The van der Waals surface area contributed by atoms with Gasteiger partial charge in [0.05, 0.1) is 4.90 Å². The van der Waals surface area contributed by atoms with Gasteiger partial charge >= 0.3 is 0 Å². The zero-order valence-corrected chi connectivity index (χ0v) is 12.9. The smallest absolute Gasteiger partial charge is 0.240 e. The molecule has 1 unspecified atom stereocenters. The molecule has 19 heavy (non-hydrogen) atoms. The van der Waals surface area contributed by atoms with Crippen LogP contribution in [-0.2, 0) is 10.0 Å². The van der Waals surface area contributed by atoms with Crippen LogP contribution >= 0.6 is 12.4 Å². The van der Waals surface area contributed by atoms with E-state index in [1.54, 1.807) is 12.1 Å². The number of piperidine rings is 1. The summed E-state index contributed by atoms with van der Waals surface area (Å²) in [5.41, 5.74) is 2.10. The van der Waals surface area contributed by atoms with E-state index >= 15 is 0 Å². The number of sulfonamides is 1. The summed E-state index contributed by atoms with van der Waals surface area (Å²) in [5, 5.41) is 3.20. The lowest BCUT2D eigenvalue weighted by atomic mass is 10.1. The molecule has 1 heterocycles.